The lowest BCUT2D eigenvalue weighted by Crippen LogP contribution is -2.14. The summed E-state index contributed by atoms with van der Waals surface area (Å²) in [6.07, 6.45) is 0.949. The molecule has 0 spiro atoms. The van der Waals surface area contributed by atoms with Gasteiger partial charge in [0.25, 0.3) is 5.78 Å². The van der Waals surface area contributed by atoms with Gasteiger partial charge >= 0.3 is 0 Å². The summed E-state index contributed by atoms with van der Waals surface area (Å²) < 4.78 is 1.62. The Hall–Kier alpha value is -2.96. The van der Waals surface area contributed by atoms with E-state index in [1.165, 1.54) is 0 Å². The standard InChI is InChI=1S/C17H20N6O/c1-10-4-6-13(7-5-10)20-15(24)9-8-14-11(2)19-17-21-16(18)22-23(17)12(14)3/h4-7H,8-9H2,1-3H3,(H2,18,22)(H,20,24). The summed E-state index contributed by atoms with van der Waals surface area (Å²) in [4.78, 5) is 20.7. The zero-order chi connectivity index (χ0) is 17.3. The van der Waals surface area contributed by atoms with Crippen LogP contribution in [-0.4, -0.2) is 25.5 Å². The van der Waals surface area contributed by atoms with Crippen LogP contribution >= 0.6 is 0 Å². The Morgan fingerprint density at radius 3 is 2.58 bits per heavy atom. The van der Waals surface area contributed by atoms with Crippen molar-refractivity contribution in [1.29, 1.82) is 0 Å². The van der Waals surface area contributed by atoms with E-state index in [4.69, 9.17) is 5.73 Å². The number of nitrogen functional groups attached to an aromatic ring is 1. The van der Waals surface area contributed by atoms with Crippen molar-refractivity contribution in [2.75, 3.05) is 11.1 Å². The number of nitrogens with one attached hydrogen (secondary N) is 1. The highest BCUT2D eigenvalue weighted by Crippen LogP contribution is 2.17. The molecule has 2 heterocycles. The molecular weight excluding hydrogens is 304 g/mol. The molecule has 7 nitrogen and oxygen atoms in total. The molecule has 2 aromatic heterocycles. The van der Waals surface area contributed by atoms with Crippen molar-refractivity contribution < 1.29 is 4.79 Å². The molecule has 0 saturated heterocycles. The summed E-state index contributed by atoms with van der Waals surface area (Å²) >= 11 is 0. The maximum atomic E-state index is 12.2. The van der Waals surface area contributed by atoms with Crippen molar-refractivity contribution in [2.24, 2.45) is 0 Å². The van der Waals surface area contributed by atoms with Gasteiger partial charge in [-0.15, -0.1) is 5.10 Å². The van der Waals surface area contributed by atoms with Crippen molar-refractivity contribution in [2.45, 2.75) is 33.6 Å². The number of benzene rings is 1. The van der Waals surface area contributed by atoms with Crippen LogP contribution in [0.3, 0.4) is 0 Å². The van der Waals surface area contributed by atoms with E-state index in [2.05, 4.69) is 20.4 Å². The smallest absolute Gasteiger partial charge is 0.254 e. The van der Waals surface area contributed by atoms with Crippen molar-refractivity contribution in [3.05, 3.63) is 46.8 Å². The van der Waals surface area contributed by atoms with Crippen LogP contribution in [0.15, 0.2) is 24.3 Å². The molecule has 0 atom stereocenters. The number of aromatic nitrogens is 4. The summed E-state index contributed by atoms with van der Waals surface area (Å²) in [6, 6.07) is 7.73. The van der Waals surface area contributed by atoms with E-state index in [1.807, 2.05) is 45.0 Å². The number of hydrogen-bond donors (Lipinski definition) is 2. The van der Waals surface area contributed by atoms with Crippen LogP contribution in [0, 0.1) is 20.8 Å². The fraction of sp³-hybridized carbons (Fsp3) is 0.294. The largest absolute Gasteiger partial charge is 0.366 e. The third-order valence-electron chi connectivity index (χ3n) is 4.00. The Morgan fingerprint density at radius 1 is 1.17 bits per heavy atom. The Bertz CT molecular complexity index is 898. The number of carbonyl (C=O) groups is 1. The number of aryl methyl sites for hydroxylation is 3. The highest BCUT2D eigenvalue weighted by molar-refractivity contribution is 5.90. The second-order valence-electron chi connectivity index (χ2n) is 5.86. The molecule has 0 bridgehead atoms. The number of rotatable bonds is 4. The van der Waals surface area contributed by atoms with E-state index in [0.29, 0.717) is 18.6 Å². The Balaban J connectivity index is 1.73. The van der Waals surface area contributed by atoms with Crippen LogP contribution < -0.4 is 11.1 Å². The molecule has 0 saturated carbocycles. The molecule has 1 amide bonds. The van der Waals surface area contributed by atoms with Gasteiger partial charge in [0, 0.05) is 23.5 Å². The minimum atomic E-state index is -0.0316. The Labute approximate surface area is 139 Å². The molecule has 3 N–H and O–H groups in total. The number of amides is 1. The summed E-state index contributed by atoms with van der Waals surface area (Å²) in [6.45, 7) is 5.85. The first-order valence-corrected chi connectivity index (χ1v) is 7.79. The fourth-order valence-corrected chi connectivity index (χ4v) is 2.68. The predicted molar refractivity (Wildman–Crippen MR) is 92.8 cm³/mol. The van der Waals surface area contributed by atoms with Gasteiger partial charge in [0.2, 0.25) is 11.9 Å². The number of anilines is 2. The lowest BCUT2D eigenvalue weighted by atomic mass is 10.1. The SMILES string of the molecule is Cc1ccc(NC(=O)CCc2c(C)nc3nc(N)nn3c2C)cc1. The third kappa shape index (κ3) is 3.19. The number of fused-ring (bicyclic) bond motifs is 1. The van der Waals surface area contributed by atoms with Gasteiger partial charge in [-0.05, 0) is 44.9 Å². The predicted octanol–water partition coefficient (Wildman–Crippen LogP) is 2.20. The first-order valence-electron chi connectivity index (χ1n) is 7.79. The Kier molecular flexibility index (Phi) is 4.16. The quantitative estimate of drug-likeness (QED) is 0.766. The molecule has 0 aliphatic rings. The monoisotopic (exact) mass is 324 g/mol. The van der Waals surface area contributed by atoms with E-state index >= 15 is 0 Å². The van der Waals surface area contributed by atoms with E-state index in [0.717, 1.165) is 28.2 Å². The molecule has 0 aliphatic carbocycles. The average Bonchev–Trinajstić information content (AvgIpc) is 2.90. The van der Waals surface area contributed by atoms with Crippen LogP contribution in [0.1, 0.15) is 28.9 Å². The number of nitrogens with zero attached hydrogens (tertiary/aromatic N) is 4. The molecule has 0 aliphatic heterocycles. The minimum absolute atomic E-state index is 0.0316. The van der Waals surface area contributed by atoms with Crippen LogP contribution in [0.4, 0.5) is 11.6 Å². The number of nitrogens with two attached hydrogens (primary N) is 1. The van der Waals surface area contributed by atoms with E-state index in [-0.39, 0.29) is 11.9 Å². The maximum absolute atomic E-state index is 12.2. The molecule has 3 aromatic rings. The zero-order valence-corrected chi connectivity index (χ0v) is 14.0. The van der Waals surface area contributed by atoms with Crippen LogP contribution in [0.2, 0.25) is 0 Å². The molecule has 124 valence electrons. The molecule has 7 heteroatoms. The van der Waals surface area contributed by atoms with Crippen LogP contribution in [-0.2, 0) is 11.2 Å². The van der Waals surface area contributed by atoms with Crippen molar-refractivity contribution in [3.8, 4) is 0 Å². The van der Waals surface area contributed by atoms with E-state index in [1.54, 1.807) is 4.52 Å². The topological polar surface area (TPSA) is 98.2 Å². The second kappa shape index (κ2) is 6.27. The minimum Gasteiger partial charge on any atom is -0.366 e. The molecule has 24 heavy (non-hydrogen) atoms. The number of carbonyl (C=O) groups excluding carboxylic acids is 1. The van der Waals surface area contributed by atoms with Gasteiger partial charge in [0.05, 0.1) is 0 Å². The van der Waals surface area contributed by atoms with Gasteiger partial charge in [0.1, 0.15) is 0 Å². The molecule has 3 rings (SSSR count). The lowest BCUT2D eigenvalue weighted by molar-refractivity contribution is -0.116. The average molecular weight is 324 g/mol. The Morgan fingerprint density at radius 2 is 1.88 bits per heavy atom. The molecule has 0 fully saturated rings. The maximum Gasteiger partial charge on any atom is 0.254 e. The van der Waals surface area contributed by atoms with Gasteiger partial charge in [-0.3, -0.25) is 4.79 Å². The molecule has 0 radical (unpaired) electrons. The lowest BCUT2D eigenvalue weighted by Gasteiger charge is -2.10. The van der Waals surface area contributed by atoms with Crippen molar-refractivity contribution in [3.63, 3.8) is 0 Å². The normalized spacial score (nSPS) is 11.0. The highest BCUT2D eigenvalue weighted by atomic mass is 16.1. The second-order valence-corrected chi connectivity index (χ2v) is 5.86. The summed E-state index contributed by atoms with van der Waals surface area (Å²) in [7, 11) is 0. The van der Waals surface area contributed by atoms with Gasteiger partial charge in [-0.25, -0.2) is 4.98 Å². The van der Waals surface area contributed by atoms with Crippen molar-refractivity contribution in [1.82, 2.24) is 19.6 Å². The molecular formula is C17H20N6O. The van der Waals surface area contributed by atoms with Gasteiger partial charge < -0.3 is 11.1 Å². The summed E-state index contributed by atoms with van der Waals surface area (Å²) in [5.74, 6) is 0.644. The van der Waals surface area contributed by atoms with E-state index in [9.17, 15) is 4.79 Å². The number of hydrogen-bond acceptors (Lipinski definition) is 5. The van der Waals surface area contributed by atoms with Gasteiger partial charge in [-0.1, -0.05) is 17.7 Å². The fourth-order valence-electron chi connectivity index (χ4n) is 2.68. The summed E-state index contributed by atoms with van der Waals surface area (Å²) in [5, 5.41) is 7.04. The molecule has 0 unspecified atom stereocenters. The third-order valence-corrected chi connectivity index (χ3v) is 4.00. The van der Waals surface area contributed by atoms with E-state index < -0.39 is 0 Å². The molecule has 1 aromatic carbocycles. The van der Waals surface area contributed by atoms with Crippen LogP contribution in [0.25, 0.3) is 5.78 Å². The summed E-state index contributed by atoms with van der Waals surface area (Å²) in [5.41, 5.74) is 10.3. The first-order chi connectivity index (χ1) is 11.4. The van der Waals surface area contributed by atoms with Crippen molar-refractivity contribution >= 4 is 23.3 Å². The first kappa shape index (κ1) is 15.9. The zero-order valence-electron chi connectivity index (χ0n) is 14.0. The van der Waals surface area contributed by atoms with Gasteiger partial charge in [-0.2, -0.15) is 9.50 Å². The highest BCUT2D eigenvalue weighted by Gasteiger charge is 2.13. The van der Waals surface area contributed by atoms with Gasteiger partial charge in [0.15, 0.2) is 0 Å². The van der Waals surface area contributed by atoms with Crippen LogP contribution in [0.5, 0.6) is 0 Å².